The molecule has 0 fully saturated rings. The molecule has 37 heavy (non-hydrogen) atoms. The van der Waals surface area contributed by atoms with Crippen molar-refractivity contribution in [3.63, 3.8) is 0 Å². The number of rotatable bonds is 15. The van der Waals surface area contributed by atoms with E-state index in [0.717, 1.165) is 30.5 Å². The van der Waals surface area contributed by atoms with Crippen LogP contribution in [0.1, 0.15) is 90.2 Å². The van der Waals surface area contributed by atoms with Gasteiger partial charge >= 0.3 is 0 Å². The number of hydrogen-bond donors (Lipinski definition) is 2. The number of nitrogens with one attached hydrogen (secondary N) is 2. The van der Waals surface area contributed by atoms with E-state index in [1.54, 1.807) is 20.3 Å². The number of carbonyl (C=O) groups is 2. The molecule has 0 bridgehead atoms. The summed E-state index contributed by atoms with van der Waals surface area (Å²) in [6.45, 7) is 13.3. The predicted octanol–water partition coefficient (Wildman–Crippen LogP) is 5.63. The largest absolute Gasteiger partial charge is 0.496 e. The summed E-state index contributed by atoms with van der Waals surface area (Å²) < 4.78 is 13.2. The fourth-order valence-electron chi connectivity index (χ4n) is 4.31. The van der Waals surface area contributed by atoms with Crippen LogP contribution in [-0.4, -0.2) is 48.4 Å². The van der Waals surface area contributed by atoms with Gasteiger partial charge in [0.15, 0.2) is 5.69 Å². The second-order valence-electron chi connectivity index (χ2n) is 10.4. The molecule has 0 saturated carbocycles. The normalized spacial score (nSPS) is 12.9. The predicted molar refractivity (Wildman–Crippen MR) is 148 cm³/mol. The average Bonchev–Trinajstić information content (AvgIpc) is 3.30. The summed E-state index contributed by atoms with van der Waals surface area (Å²) in [6, 6.07) is 7.12. The fraction of sp³-hybridized carbons (Fsp3) is 0.621. The zero-order valence-corrected chi connectivity index (χ0v) is 23.9. The van der Waals surface area contributed by atoms with Crippen molar-refractivity contribution in [2.24, 2.45) is 11.8 Å². The van der Waals surface area contributed by atoms with Crippen LogP contribution in [0.3, 0.4) is 0 Å². The van der Waals surface area contributed by atoms with Gasteiger partial charge in [0.1, 0.15) is 11.5 Å². The minimum atomic E-state index is -0.297. The molecule has 1 aromatic carbocycles. The number of aromatic nitrogens is 2. The highest BCUT2D eigenvalue weighted by Gasteiger charge is 2.26. The Morgan fingerprint density at radius 1 is 1.03 bits per heavy atom. The Morgan fingerprint density at radius 3 is 2.22 bits per heavy atom. The lowest BCUT2D eigenvalue weighted by atomic mass is 10.0. The minimum Gasteiger partial charge on any atom is -0.496 e. The number of hydrogen-bond acceptors (Lipinski definition) is 5. The van der Waals surface area contributed by atoms with Gasteiger partial charge in [-0.1, -0.05) is 53.5 Å². The maximum Gasteiger partial charge on any atom is 0.272 e. The Labute approximate surface area is 222 Å². The summed E-state index contributed by atoms with van der Waals surface area (Å²) >= 11 is 0. The van der Waals surface area contributed by atoms with Crippen molar-refractivity contribution in [1.82, 2.24) is 20.4 Å². The Bertz CT molecular complexity index is 993. The van der Waals surface area contributed by atoms with Crippen LogP contribution in [0.25, 0.3) is 11.3 Å². The Balaban J connectivity index is 2.37. The third kappa shape index (κ3) is 8.51. The number of nitrogens with zero attached hydrogens (tertiary/aromatic N) is 2. The summed E-state index contributed by atoms with van der Waals surface area (Å²) in [6.07, 6.45) is 4.09. The van der Waals surface area contributed by atoms with Gasteiger partial charge in [-0.05, 0) is 49.8 Å². The second-order valence-corrected chi connectivity index (χ2v) is 10.4. The van der Waals surface area contributed by atoms with Crippen LogP contribution in [-0.2, 0) is 4.79 Å². The summed E-state index contributed by atoms with van der Waals surface area (Å²) in [5, 5.41) is 10.8. The monoisotopic (exact) mass is 514 g/mol. The van der Waals surface area contributed by atoms with E-state index in [2.05, 4.69) is 52.2 Å². The molecular formula is C29H46N4O4. The van der Waals surface area contributed by atoms with Crippen LogP contribution in [0.4, 0.5) is 0 Å². The van der Waals surface area contributed by atoms with Crippen LogP contribution in [0.5, 0.6) is 11.5 Å². The van der Waals surface area contributed by atoms with E-state index >= 15 is 0 Å². The highest BCUT2D eigenvalue weighted by molar-refractivity contribution is 5.94. The molecule has 2 rings (SSSR count). The molecule has 0 saturated heterocycles. The molecule has 2 atom stereocenters. The van der Waals surface area contributed by atoms with Gasteiger partial charge < -0.3 is 20.1 Å². The zero-order valence-electron chi connectivity index (χ0n) is 23.9. The molecule has 1 unspecified atom stereocenters. The lowest BCUT2D eigenvalue weighted by Gasteiger charge is -2.21. The molecule has 0 aliphatic heterocycles. The minimum absolute atomic E-state index is 0.0199. The topological polar surface area (TPSA) is 94.5 Å². The quantitative estimate of drug-likeness (QED) is 0.301. The third-order valence-corrected chi connectivity index (χ3v) is 6.63. The van der Waals surface area contributed by atoms with Gasteiger partial charge in [-0.2, -0.15) is 5.10 Å². The SMILES string of the molecule is CCCCCNC(=O)C[C@H](CC(C)C)NC(=O)c1cc(-c2c(OC)cccc2OC)n(C(C)C(C)C)n1. The standard InChI is InChI=1S/C29H46N4O4/c1-9-10-11-15-30-27(34)17-22(16-19(2)3)31-29(35)23-18-24(33(32-23)21(6)20(4)5)28-25(36-7)13-12-14-26(28)37-8/h12-14,18-22H,9-11,15-17H2,1-8H3,(H,30,34)(H,31,35)/t21?,22-/m0/s1. The molecular weight excluding hydrogens is 468 g/mol. The lowest BCUT2D eigenvalue weighted by molar-refractivity contribution is -0.121. The molecule has 0 aliphatic carbocycles. The lowest BCUT2D eigenvalue weighted by Crippen LogP contribution is -2.40. The van der Waals surface area contributed by atoms with Crippen molar-refractivity contribution in [2.75, 3.05) is 20.8 Å². The van der Waals surface area contributed by atoms with Crippen molar-refractivity contribution in [1.29, 1.82) is 0 Å². The average molecular weight is 515 g/mol. The Kier molecular flexibility index (Phi) is 12.0. The number of ether oxygens (including phenoxy) is 2. The summed E-state index contributed by atoms with van der Waals surface area (Å²) in [7, 11) is 3.23. The van der Waals surface area contributed by atoms with E-state index in [1.165, 1.54) is 0 Å². The molecule has 1 aromatic heterocycles. The first-order valence-electron chi connectivity index (χ1n) is 13.5. The van der Waals surface area contributed by atoms with Gasteiger partial charge in [0.05, 0.1) is 31.5 Å². The number of amides is 2. The van der Waals surface area contributed by atoms with Gasteiger partial charge in [-0.3, -0.25) is 14.3 Å². The van der Waals surface area contributed by atoms with Crippen LogP contribution in [0.15, 0.2) is 24.3 Å². The molecule has 2 amide bonds. The van der Waals surface area contributed by atoms with E-state index in [1.807, 2.05) is 22.9 Å². The zero-order chi connectivity index (χ0) is 27.5. The van der Waals surface area contributed by atoms with E-state index in [-0.39, 0.29) is 36.2 Å². The summed E-state index contributed by atoms with van der Waals surface area (Å²) in [5.41, 5.74) is 1.79. The third-order valence-electron chi connectivity index (χ3n) is 6.63. The summed E-state index contributed by atoms with van der Waals surface area (Å²) in [5.74, 6) is 1.54. The molecule has 0 spiro atoms. The molecule has 1 heterocycles. The van der Waals surface area contributed by atoms with Crippen molar-refractivity contribution in [2.45, 2.75) is 85.7 Å². The van der Waals surface area contributed by atoms with Crippen LogP contribution < -0.4 is 20.1 Å². The second kappa shape index (κ2) is 14.6. The molecule has 2 N–H and O–H groups in total. The van der Waals surface area contributed by atoms with E-state index < -0.39 is 0 Å². The van der Waals surface area contributed by atoms with Gasteiger partial charge in [-0.25, -0.2) is 0 Å². The van der Waals surface area contributed by atoms with Crippen LogP contribution in [0, 0.1) is 11.8 Å². The van der Waals surface area contributed by atoms with E-state index in [0.29, 0.717) is 36.1 Å². The highest BCUT2D eigenvalue weighted by Crippen LogP contribution is 2.40. The Morgan fingerprint density at radius 2 is 1.68 bits per heavy atom. The van der Waals surface area contributed by atoms with E-state index in [9.17, 15) is 9.59 Å². The number of carbonyl (C=O) groups excluding carboxylic acids is 2. The maximum absolute atomic E-state index is 13.4. The maximum atomic E-state index is 13.4. The van der Waals surface area contributed by atoms with Crippen LogP contribution >= 0.6 is 0 Å². The van der Waals surface area contributed by atoms with Gasteiger partial charge in [0.2, 0.25) is 5.91 Å². The molecule has 206 valence electrons. The smallest absolute Gasteiger partial charge is 0.272 e. The van der Waals surface area contributed by atoms with Gasteiger partial charge in [0.25, 0.3) is 5.91 Å². The Hall–Kier alpha value is -3.03. The molecule has 8 heteroatoms. The fourth-order valence-corrected chi connectivity index (χ4v) is 4.31. The van der Waals surface area contributed by atoms with Crippen molar-refractivity contribution >= 4 is 11.8 Å². The summed E-state index contributed by atoms with van der Waals surface area (Å²) in [4.78, 5) is 26.0. The molecule has 8 nitrogen and oxygen atoms in total. The van der Waals surface area contributed by atoms with Gasteiger partial charge in [0, 0.05) is 19.0 Å². The highest BCUT2D eigenvalue weighted by atomic mass is 16.5. The molecule has 0 radical (unpaired) electrons. The first-order chi connectivity index (χ1) is 17.6. The number of benzene rings is 1. The number of unbranched alkanes of at least 4 members (excludes halogenated alkanes) is 2. The van der Waals surface area contributed by atoms with Crippen molar-refractivity contribution in [3.8, 4) is 22.8 Å². The molecule has 0 aliphatic rings. The van der Waals surface area contributed by atoms with Gasteiger partial charge in [-0.15, -0.1) is 0 Å². The van der Waals surface area contributed by atoms with Crippen molar-refractivity contribution in [3.05, 3.63) is 30.0 Å². The first kappa shape index (κ1) is 30.2. The molecule has 2 aromatic rings. The van der Waals surface area contributed by atoms with E-state index in [4.69, 9.17) is 14.6 Å². The number of methoxy groups -OCH3 is 2. The van der Waals surface area contributed by atoms with Crippen molar-refractivity contribution < 1.29 is 19.1 Å². The first-order valence-corrected chi connectivity index (χ1v) is 13.5. The van der Waals surface area contributed by atoms with Crippen LogP contribution in [0.2, 0.25) is 0 Å².